The number of nitrogens with zero attached hydrogens (tertiary/aromatic N) is 4. The smallest absolute Gasteiger partial charge is 0.263 e. The SMILES string of the molecule is CC1CCN(S(=O)(=O)c2c(Br)nnn2C)CC1CN. The van der Waals surface area contributed by atoms with Crippen LogP contribution >= 0.6 is 15.9 Å². The maximum Gasteiger partial charge on any atom is 0.263 e. The van der Waals surface area contributed by atoms with Gasteiger partial charge < -0.3 is 5.73 Å². The second-order valence-electron chi connectivity index (χ2n) is 4.93. The van der Waals surface area contributed by atoms with E-state index >= 15 is 0 Å². The normalized spacial score (nSPS) is 25.7. The van der Waals surface area contributed by atoms with Crippen molar-refractivity contribution in [1.82, 2.24) is 19.3 Å². The third-order valence-electron chi connectivity index (χ3n) is 3.70. The molecule has 1 aliphatic heterocycles. The quantitative estimate of drug-likeness (QED) is 0.838. The van der Waals surface area contributed by atoms with Gasteiger partial charge in [-0.25, -0.2) is 13.1 Å². The summed E-state index contributed by atoms with van der Waals surface area (Å²) in [6, 6.07) is 0. The Bertz CT molecular complexity index is 539. The fourth-order valence-electron chi connectivity index (χ4n) is 2.36. The highest BCUT2D eigenvalue weighted by Crippen LogP contribution is 2.29. The maximum atomic E-state index is 12.6. The van der Waals surface area contributed by atoms with Gasteiger partial charge in [0.15, 0.2) is 4.60 Å². The van der Waals surface area contributed by atoms with Crippen molar-refractivity contribution in [2.45, 2.75) is 18.4 Å². The Morgan fingerprint density at radius 2 is 2.21 bits per heavy atom. The molecular weight excluding hydrogens is 334 g/mol. The number of aromatic nitrogens is 3. The zero-order valence-electron chi connectivity index (χ0n) is 11.0. The number of halogens is 1. The van der Waals surface area contributed by atoms with Crippen LogP contribution in [0.4, 0.5) is 0 Å². The monoisotopic (exact) mass is 351 g/mol. The lowest BCUT2D eigenvalue weighted by Crippen LogP contribution is -2.45. The lowest BCUT2D eigenvalue weighted by molar-refractivity contribution is 0.202. The number of sulfonamides is 1. The zero-order valence-corrected chi connectivity index (χ0v) is 13.4. The molecule has 0 saturated carbocycles. The van der Waals surface area contributed by atoms with Gasteiger partial charge in [0.25, 0.3) is 10.0 Å². The molecule has 1 fully saturated rings. The molecule has 19 heavy (non-hydrogen) atoms. The fraction of sp³-hybridized carbons (Fsp3) is 0.800. The molecule has 0 amide bonds. The average molecular weight is 352 g/mol. The molecule has 7 nitrogen and oxygen atoms in total. The minimum atomic E-state index is -3.58. The summed E-state index contributed by atoms with van der Waals surface area (Å²) in [5.41, 5.74) is 5.72. The van der Waals surface area contributed by atoms with Crippen molar-refractivity contribution in [1.29, 1.82) is 0 Å². The van der Waals surface area contributed by atoms with Gasteiger partial charge in [0.1, 0.15) is 0 Å². The fourth-order valence-corrected chi connectivity index (χ4v) is 4.90. The van der Waals surface area contributed by atoms with Gasteiger partial charge in [0.2, 0.25) is 5.03 Å². The Labute approximate surface area is 121 Å². The van der Waals surface area contributed by atoms with Crippen molar-refractivity contribution >= 4 is 26.0 Å². The van der Waals surface area contributed by atoms with E-state index in [9.17, 15) is 8.42 Å². The van der Waals surface area contributed by atoms with Gasteiger partial charge in [0, 0.05) is 20.1 Å². The highest BCUT2D eigenvalue weighted by Gasteiger charge is 2.36. The first kappa shape index (κ1) is 14.9. The lowest BCUT2D eigenvalue weighted by Gasteiger charge is -2.35. The maximum absolute atomic E-state index is 12.6. The van der Waals surface area contributed by atoms with E-state index in [0.29, 0.717) is 25.6 Å². The highest BCUT2D eigenvalue weighted by atomic mass is 79.9. The summed E-state index contributed by atoms with van der Waals surface area (Å²) in [4.78, 5) is 0. The van der Waals surface area contributed by atoms with Gasteiger partial charge in [-0.3, -0.25) is 0 Å². The van der Waals surface area contributed by atoms with Crippen LogP contribution in [0.2, 0.25) is 0 Å². The van der Waals surface area contributed by atoms with Gasteiger partial charge in [-0.05, 0) is 40.7 Å². The molecule has 108 valence electrons. The Morgan fingerprint density at radius 1 is 1.53 bits per heavy atom. The molecule has 1 aromatic heterocycles. The van der Waals surface area contributed by atoms with Gasteiger partial charge in [-0.15, -0.1) is 5.10 Å². The number of rotatable bonds is 3. The van der Waals surface area contributed by atoms with E-state index in [4.69, 9.17) is 5.73 Å². The molecule has 2 rings (SSSR count). The Balaban J connectivity index is 2.31. The summed E-state index contributed by atoms with van der Waals surface area (Å²) in [5.74, 6) is 0.646. The van der Waals surface area contributed by atoms with Crippen LogP contribution in [0.3, 0.4) is 0 Å². The topological polar surface area (TPSA) is 94.1 Å². The van der Waals surface area contributed by atoms with Crippen LogP contribution in [0.25, 0.3) is 0 Å². The predicted octanol–water partition coefficient (Wildman–Crippen LogP) is 0.183. The number of aryl methyl sites for hydroxylation is 1. The Kier molecular flexibility index (Phi) is 4.29. The summed E-state index contributed by atoms with van der Waals surface area (Å²) < 4.78 is 28.2. The predicted molar refractivity (Wildman–Crippen MR) is 73.8 cm³/mol. The molecule has 0 radical (unpaired) electrons. The van der Waals surface area contributed by atoms with E-state index in [1.807, 2.05) is 0 Å². The molecular formula is C10H18BrN5O2S. The van der Waals surface area contributed by atoms with Crippen molar-refractivity contribution in [3.63, 3.8) is 0 Å². The first-order chi connectivity index (χ1) is 8.87. The van der Waals surface area contributed by atoms with Crippen molar-refractivity contribution in [3.05, 3.63) is 4.60 Å². The van der Waals surface area contributed by atoms with E-state index in [-0.39, 0.29) is 15.5 Å². The molecule has 1 aliphatic rings. The largest absolute Gasteiger partial charge is 0.330 e. The summed E-state index contributed by atoms with van der Waals surface area (Å²) in [7, 11) is -2.01. The van der Waals surface area contributed by atoms with Crippen LogP contribution in [-0.2, 0) is 17.1 Å². The second-order valence-corrected chi connectivity index (χ2v) is 7.54. The first-order valence-corrected chi connectivity index (χ1v) is 8.36. The van der Waals surface area contributed by atoms with Gasteiger partial charge in [-0.1, -0.05) is 12.1 Å². The Morgan fingerprint density at radius 3 is 2.74 bits per heavy atom. The molecule has 2 N–H and O–H groups in total. The standard InChI is InChI=1S/C10H18BrN5O2S/c1-7-3-4-16(6-8(7)5-12)19(17,18)10-9(11)13-14-15(10)2/h7-8H,3-6,12H2,1-2H3. The van der Waals surface area contributed by atoms with E-state index in [1.165, 1.54) is 8.99 Å². The minimum absolute atomic E-state index is 0.0952. The average Bonchev–Trinajstić information content (AvgIpc) is 2.69. The third kappa shape index (κ3) is 2.69. The molecule has 2 unspecified atom stereocenters. The van der Waals surface area contributed by atoms with Crippen molar-refractivity contribution in [3.8, 4) is 0 Å². The summed E-state index contributed by atoms with van der Waals surface area (Å²) >= 11 is 3.14. The van der Waals surface area contributed by atoms with E-state index in [0.717, 1.165) is 6.42 Å². The molecule has 1 saturated heterocycles. The number of nitrogens with two attached hydrogens (primary N) is 1. The summed E-state index contributed by atoms with van der Waals surface area (Å²) in [6.45, 7) is 3.58. The summed E-state index contributed by atoms with van der Waals surface area (Å²) in [5, 5.41) is 7.55. The Hall–Kier alpha value is -0.510. The number of hydrogen-bond donors (Lipinski definition) is 1. The minimum Gasteiger partial charge on any atom is -0.330 e. The molecule has 2 atom stereocenters. The van der Waals surface area contributed by atoms with Crippen LogP contribution < -0.4 is 5.73 Å². The van der Waals surface area contributed by atoms with Crippen molar-refractivity contribution < 1.29 is 8.42 Å². The second kappa shape index (κ2) is 5.47. The molecule has 0 aromatic carbocycles. The van der Waals surface area contributed by atoms with Crippen LogP contribution in [0.5, 0.6) is 0 Å². The van der Waals surface area contributed by atoms with Gasteiger partial charge in [0.05, 0.1) is 0 Å². The molecule has 2 heterocycles. The first-order valence-electron chi connectivity index (χ1n) is 6.13. The van der Waals surface area contributed by atoms with Gasteiger partial charge >= 0.3 is 0 Å². The summed E-state index contributed by atoms with van der Waals surface area (Å²) in [6.07, 6.45) is 0.823. The van der Waals surface area contributed by atoms with Crippen LogP contribution in [0.1, 0.15) is 13.3 Å². The lowest BCUT2D eigenvalue weighted by atomic mass is 9.88. The van der Waals surface area contributed by atoms with E-state index in [2.05, 4.69) is 33.2 Å². The van der Waals surface area contributed by atoms with Crippen molar-refractivity contribution in [2.75, 3.05) is 19.6 Å². The third-order valence-corrected chi connectivity index (χ3v) is 6.46. The van der Waals surface area contributed by atoms with E-state index in [1.54, 1.807) is 7.05 Å². The molecule has 0 aliphatic carbocycles. The van der Waals surface area contributed by atoms with Crippen LogP contribution in [0.15, 0.2) is 9.63 Å². The molecule has 9 heteroatoms. The van der Waals surface area contributed by atoms with Crippen LogP contribution in [0, 0.1) is 11.8 Å². The molecule has 0 spiro atoms. The number of piperidine rings is 1. The number of hydrogen-bond acceptors (Lipinski definition) is 5. The van der Waals surface area contributed by atoms with Crippen LogP contribution in [-0.4, -0.2) is 47.4 Å². The zero-order chi connectivity index (χ0) is 14.2. The van der Waals surface area contributed by atoms with E-state index < -0.39 is 10.0 Å². The highest BCUT2D eigenvalue weighted by molar-refractivity contribution is 9.10. The molecule has 1 aromatic rings. The molecule has 0 bridgehead atoms. The van der Waals surface area contributed by atoms with Gasteiger partial charge in [-0.2, -0.15) is 4.31 Å². The van der Waals surface area contributed by atoms with Crippen molar-refractivity contribution in [2.24, 2.45) is 24.6 Å².